The average Bonchev–Trinajstić information content (AvgIpc) is 3.08. The second-order valence-corrected chi connectivity index (χ2v) is 7.01. The monoisotopic (exact) mass is 395 g/mol. The quantitative estimate of drug-likeness (QED) is 0.409. The smallest absolute Gasteiger partial charge is 0.307 e. The highest BCUT2D eigenvalue weighted by Crippen LogP contribution is 2.18. The van der Waals surface area contributed by atoms with E-state index in [4.69, 9.17) is 21.7 Å². The molecular formula is C16H17N3O5S2. The number of methoxy groups -OCH3 is 1. The van der Waals surface area contributed by atoms with Crippen molar-refractivity contribution < 1.29 is 28.6 Å². The van der Waals surface area contributed by atoms with E-state index in [1.54, 1.807) is 31.4 Å². The molecule has 0 radical (unpaired) electrons. The van der Waals surface area contributed by atoms with Gasteiger partial charge in [-0.25, -0.2) is 0 Å². The van der Waals surface area contributed by atoms with E-state index in [2.05, 4.69) is 9.79 Å². The topological polar surface area (TPSA) is 91.7 Å². The Labute approximate surface area is 159 Å². The first kappa shape index (κ1) is 18.6. The fourth-order valence-corrected chi connectivity index (χ4v) is 3.53. The van der Waals surface area contributed by atoms with Crippen LogP contribution in [-0.2, 0) is 4.74 Å². The third-order valence-corrected chi connectivity index (χ3v) is 5.31. The van der Waals surface area contributed by atoms with Gasteiger partial charge in [0.25, 0.3) is 0 Å². The fraction of sp³-hybridized carbons (Fsp3) is 0.375. The summed E-state index contributed by atoms with van der Waals surface area (Å²) in [4.78, 5) is 14.5. The number of hydrogen-bond donors (Lipinski definition) is 0. The second-order valence-electron chi connectivity index (χ2n) is 5.40. The number of carbonyl (C=O) groups excluding carboxylic acids is 1. The molecule has 0 saturated carbocycles. The molecule has 10 heteroatoms. The van der Waals surface area contributed by atoms with Crippen LogP contribution in [0.2, 0.25) is 0 Å². The van der Waals surface area contributed by atoms with Gasteiger partial charge in [0.05, 0.1) is 31.3 Å². The molecule has 2 aromatic rings. The van der Waals surface area contributed by atoms with Gasteiger partial charge < -0.3 is 24.0 Å². The summed E-state index contributed by atoms with van der Waals surface area (Å²) in [5.41, 5.74) is 0.396. The van der Waals surface area contributed by atoms with Gasteiger partial charge in [-0.05, 0) is 16.8 Å². The van der Waals surface area contributed by atoms with E-state index in [-0.39, 0.29) is 11.4 Å². The molecule has 2 heterocycles. The number of Topliss-reactive ketones (excluding diaryl/α,β-unsaturated/α-hetero) is 1. The highest BCUT2D eigenvalue weighted by atomic mass is 32.2. The van der Waals surface area contributed by atoms with Crippen molar-refractivity contribution in [1.82, 2.24) is 10.2 Å². The van der Waals surface area contributed by atoms with E-state index < -0.39 is 11.7 Å². The highest BCUT2D eigenvalue weighted by molar-refractivity contribution is 8.23. The Kier molecular flexibility index (Phi) is 6.07. The third kappa shape index (κ3) is 4.14. The summed E-state index contributed by atoms with van der Waals surface area (Å²) in [6, 6.07) is 6.78. The standard InChI is InChI=1S/C16H17N3O5S2/c1-22-12-4-2-11(3-5-12)19-14(15(21)24-17-19)13(20)10-26-16(25)18-6-8-23-9-7-18/h2-5H,6-10H2,1H3. The van der Waals surface area contributed by atoms with Crippen LogP contribution in [0, 0.1) is 0 Å². The number of ketones is 1. The molecule has 1 aromatic heterocycles. The number of carbonyl (C=O) groups is 1. The van der Waals surface area contributed by atoms with Crippen LogP contribution in [0.4, 0.5) is 0 Å². The Hall–Kier alpha value is -2.17. The second kappa shape index (κ2) is 8.47. The number of thioether (sulfide) groups is 1. The first-order valence-corrected chi connectivity index (χ1v) is 9.25. The summed E-state index contributed by atoms with van der Waals surface area (Å²) in [5, 5.41) is 15.6. The van der Waals surface area contributed by atoms with Crippen LogP contribution < -0.4 is 14.5 Å². The molecule has 8 nitrogen and oxygen atoms in total. The van der Waals surface area contributed by atoms with Crippen molar-refractivity contribution in [2.75, 3.05) is 39.2 Å². The minimum Gasteiger partial charge on any atom is -0.539 e. The third-order valence-electron chi connectivity index (χ3n) is 3.79. The van der Waals surface area contributed by atoms with E-state index in [1.807, 2.05) is 4.90 Å². The molecule has 0 amide bonds. The van der Waals surface area contributed by atoms with Crippen LogP contribution in [0.5, 0.6) is 11.7 Å². The number of rotatable bonds is 5. The highest BCUT2D eigenvalue weighted by Gasteiger charge is 2.28. The van der Waals surface area contributed by atoms with Crippen molar-refractivity contribution in [3.8, 4) is 17.4 Å². The van der Waals surface area contributed by atoms with Crippen molar-refractivity contribution >= 4 is 34.1 Å². The largest absolute Gasteiger partial charge is 0.539 e. The van der Waals surface area contributed by atoms with Gasteiger partial charge in [-0.1, -0.05) is 24.0 Å². The Morgan fingerprint density at radius 2 is 2.08 bits per heavy atom. The summed E-state index contributed by atoms with van der Waals surface area (Å²) >= 11 is 6.57. The van der Waals surface area contributed by atoms with E-state index in [0.29, 0.717) is 42.1 Å². The van der Waals surface area contributed by atoms with Crippen molar-refractivity contribution in [2.24, 2.45) is 0 Å². The maximum Gasteiger partial charge on any atom is 0.307 e. The van der Waals surface area contributed by atoms with Crippen molar-refractivity contribution in [2.45, 2.75) is 0 Å². The molecule has 0 N–H and O–H groups in total. The zero-order valence-corrected chi connectivity index (χ0v) is 15.7. The van der Waals surface area contributed by atoms with Crippen molar-refractivity contribution in [3.63, 3.8) is 0 Å². The van der Waals surface area contributed by atoms with Crippen LogP contribution in [0.25, 0.3) is 5.69 Å². The lowest BCUT2D eigenvalue weighted by atomic mass is 10.2. The molecule has 0 aliphatic carbocycles. The van der Waals surface area contributed by atoms with Gasteiger partial charge in [0.15, 0.2) is 5.95 Å². The number of thiocarbonyl (C=S) groups is 1. The molecule has 3 rings (SSSR count). The molecule has 1 aliphatic rings. The number of ether oxygens (including phenoxy) is 2. The Bertz CT molecular complexity index is 788. The lowest BCUT2D eigenvalue weighted by Crippen LogP contribution is -2.40. The predicted molar refractivity (Wildman–Crippen MR) is 95.8 cm³/mol. The van der Waals surface area contributed by atoms with E-state index >= 15 is 0 Å². The Morgan fingerprint density at radius 3 is 2.73 bits per heavy atom. The summed E-state index contributed by atoms with van der Waals surface area (Å²) in [5.74, 6) is -0.487. The van der Waals surface area contributed by atoms with E-state index in [9.17, 15) is 9.90 Å². The molecule has 0 atom stereocenters. The summed E-state index contributed by atoms with van der Waals surface area (Å²) in [6.45, 7) is 2.63. The molecule has 1 aromatic carbocycles. The van der Waals surface area contributed by atoms with Gasteiger partial charge in [-0.15, -0.1) is 0 Å². The summed E-state index contributed by atoms with van der Waals surface area (Å²) in [7, 11) is 1.55. The maximum atomic E-state index is 12.6. The fourth-order valence-electron chi connectivity index (χ4n) is 2.41. The first-order chi connectivity index (χ1) is 12.6. The van der Waals surface area contributed by atoms with E-state index in [0.717, 1.165) is 0 Å². The zero-order valence-electron chi connectivity index (χ0n) is 14.0. The molecule has 1 saturated heterocycles. The molecular weight excluding hydrogens is 378 g/mol. The molecule has 1 fully saturated rings. The Balaban J connectivity index is 1.70. The minimum atomic E-state index is -0.774. The molecule has 138 valence electrons. The first-order valence-electron chi connectivity index (χ1n) is 7.86. The van der Waals surface area contributed by atoms with Gasteiger partial charge in [-0.3, -0.25) is 4.79 Å². The lowest BCUT2D eigenvalue weighted by Gasteiger charge is -2.28. The number of nitrogens with zero attached hydrogens (tertiary/aromatic N) is 3. The van der Waals surface area contributed by atoms with Crippen molar-refractivity contribution in [1.29, 1.82) is 0 Å². The molecule has 0 spiro atoms. The summed E-state index contributed by atoms with van der Waals surface area (Å²) < 4.78 is 16.9. The predicted octanol–water partition coefficient (Wildman–Crippen LogP) is 0.566. The SMILES string of the molecule is COc1ccc(-[n+]2noc([O-])c2C(=O)CSC(=S)N2CCOCC2)cc1. The Morgan fingerprint density at radius 1 is 1.38 bits per heavy atom. The van der Waals surface area contributed by atoms with Crippen molar-refractivity contribution in [3.05, 3.63) is 30.0 Å². The maximum absolute atomic E-state index is 12.6. The minimum absolute atomic E-state index is 0.0306. The van der Waals surface area contributed by atoms with Gasteiger partial charge in [-0.2, -0.15) is 0 Å². The average molecular weight is 395 g/mol. The van der Waals surface area contributed by atoms with Crippen LogP contribution in [0.15, 0.2) is 28.8 Å². The van der Waals surface area contributed by atoms with Gasteiger partial charge in [0, 0.05) is 25.2 Å². The van der Waals surface area contributed by atoms with Gasteiger partial charge in [0.2, 0.25) is 11.5 Å². The molecule has 1 aliphatic heterocycles. The van der Waals surface area contributed by atoms with Crippen LogP contribution >= 0.6 is 24.0 Å². The number of morpholine rings is 1. The zero-order chi connectivity index (χ0) is 18.5. The number of aromatic nitrogens is 2. The number of hydrogen-bond acceptors (Lipinski definition) is 8. The molecule has 0 unspecified atom stereocenters. The number of benzene rings is 1. The van der Waals surface area contributed by atoms with E-state index in [1.165, 1.54) is 16.4 Å². The normalized spacial score (nSPS) is 14.3. The van der Waals surface area contributed by atoms with Crippen LogP contribution in [0.1, 0.15) is 10.5 Å². The van der Waals surface area contributed by atoms with Gasteiger partial charge in [0.1, 0.15) is 10.1 Å². The summed E-state index contributed by atoms with van der Waals surface area (Å²) in [6.07, 6.45) is 0. The van der Waals surface area contributed by atoms with Crippen LogP contribution in [-0.4, -0.2) is 59.4 Å². The van der Waals surface area contributed by atoms with Crippen LogP contribution in [0.3, 0.4) is 0 Å². The van der Waals surface area contributed by atoms with Gasteiger partial charge >= 0.3 is 5.69 Å². The molecule has 0 bridgehead atoms. The molecule has 26 heavy (non-hydrogen) atoms. The lowest BCUT2D eigenvalue weighted by molar-refractivity contribution is -0.672.